The molecule has 1 N–H and O–H groups in total. The first-order valence-electron chi connectivity index (χ1n) is 9.23. The SMILES string of the molecule is O=C(NC[C@@H](c1ccco1)N1CCCC1)N1CCCc2ccccc21. The van der Waals surface area contributed by atoms with Crippen molar-refractivity contribution in [3.63, 3.8) is 0 Å². The number of carbonyl (C=O) groups is 1. The molecule has 2 amide bonds. The van der Waals surface area contributed by atoms with Gasteiger partial charge in [0.15, 0.2) is 0 Å². The number of amides is 2. The van der Waals surface area contributed by atoms with Gasteiger partial charge in [0, 0.05) is 18.8 Å². The topological polar surface area (TPSA) is 48.7 Å². The normalized spacial score (nSPS) is 18.8. The van der Waals surface area contributed by atoms with Crippen molar-refractivity contribution in [1.29, 1.82) is 0 Å². The van der Waals surface area contributed by atoms with Gasteiger partial charge in [-0.2, -0.15) is 0 Å². The van der Waals surface area contributed by atoms with Gasteiger partial charge in [0.05, 0.1) is 12.3 Å². The summed E-state index contributed by atoms with van der Waals surface area (Å²) in [6.07, 6.45) is 6.19. The first kappa shape index (κ1) is 16.2. The van der Waals surface area contributed by atoms with Crippen molar-refractivity contribution in [3.8, 4) is 0 Å². The van der Waals surface area contributed by atoms with Gasteiger partial charge in [-0.3, -0.25) is 9.80 Å². The minimum atomic E-state index is -0.0112. The summed E-state index contributed by atoms with van der Waals surface area (Å²) in [4.78, 5) is 17.1. The summed E-state index contributed by atoms with van der Waals surface area (Å²) in [6, 6.07) is 12.2. The molecule has 25 heavy (non-hydrogen) atoms. The van der Waals surface area contributed by atoms with E-state index in [-0.39, 0.29) is 12.1 Å². The maximum Gasteiger partial charge on any atom is 0.321 e. The number of carbonyl (C=O) groups excluding carboxylic acids is 1. The zero-order valence-electron chi connectivity index (χ0n) is 14.5. The molecule has 1 aromatic carbocycles. The smallest absolute Gasteiger partial charge is 0.321 e. The van der Waals surface area contributed by atoms with Crippen LogP contribution < -0.4 is 10.2 Å². The number of rotatable bonds is 4. The number of nitrogens with one attached hydrogen (secondary N) is 1. The Bertz CT molecular complexity index is 707. The van der Waals surface area contributed by atoms with Crippen molar-refractivity contribution in [1.82, 2.24) is 10.2 Å². The summed E-state index contributed by atoms with van der Waals surface area (Å²) in [5.74, 6) is 0.932. The second kappa shape index (κ2) is 7.31. The summed E-state index contributed by atoms with van der Waals surface area (Å²) in [5, 5.41) is 3.14. The number of likely N-dealkylation sites (tertiary alicyclic amines) is 1. The molecule has 0 saturated carbocycles. The molecular weight excluding hydrogens is 314 g/mol. The highest BCUT2D eigenvalue weighted by Gasteiger charge is 2.28. The predicted molar refractivity (Wildman–Crippen MR) is 97.8 cm³/mol. The van der Waals surface area contributed by atoms with Gasteiger partial charge in [-0.05, 0) is 62.5 Å². The van der Waals surface area contributed by atoms with Gasteiger partial charge in [-0.1, -0.05) is 18.2 Å². The van der Waals surface area contributed by atoms with E-state index < -0.39 is 0 Å². The quantitative estimate of drug-likeness (QED) is 0.926. The van der Waals surface area contributed by atoms with Crippen LogP contribution in [0, 0.1) is 0 Å². The second-order valence-corrected chi connectivity index (χ2v) is 6.84. The molecule has 1 fully saturated rings. The highest BCUT2D eigenvalue weighted by atomic mass is 16.3. The highest BCUT2D eigenvalue weighted by molar-refractivity contribution is 5.93. The summed E-state index contributed by atoms with van der Waals surface area (Å²) in [6.45, 7) is 3.48. The molecule has 5 heteroatoms. The van der Waals surface area contributed by atoms with E-state index in [4.69, 9.17) is 4.42 Å². The Morgan fingerprint density at radius 2 is 1.92 bits per heavy atom. The van der Waals surface area contributed by atoms with Crippen LogP contribution in [0.1, 0.15) is 36.6 Å². The molecule has 0 unspecified atom stereocenters. The van der Waals surface area contributed by atoms with E-state index in [0.717, 1.165) is 43.9 Å². The molecule has 0 spiro atoms. The molecule has 5 nitrogen and oxygen atoms in total. The molecule has 2 aromatic rings. The Balaban J connectivity index is 1.45. The van der Waals surface area contributed by atoms with E-state index in [1.54, 1.807) is 6.26 Å². The number of hydrogen-bond acceptors (Lipinski definition) is 3. The number of hydrogen-bond donors (Lipinski definition) is 1. The van der Waals surface area contributed by atoms with Crippen molar-refractivity contribution in [2.24, 2.45) is 0 Å². The van der Waals surface area contributed by atoms with Gasteiger partial charge >= 0.3 is 6.03 Å². The number of urea groups is 1. The van der Waals surface area contributed by atoms with Gasteiger partial charge in [0.1, 0.15) is 5.76 Å². The Hall–Kier alpha value is -2.27. The third kappa shape index (κ3) is 3.42. The first-order chi connectivity index (χ1) is 12.3. The molecule has 1 aromatic heterocycles. The fourth-order valence-corrected chi connectivity index (χ4v) is 3.97. The largest absolute Gasteiger partial charge is 0.468 e. The maximum atomic E-state index is 12.8. The zero-order valence-corrected chi connectivity index (χ0v) is 14.5. The van der Waals surface area contributed by atoms with Crippen molar-refractivity contribution >= 4 is 11.7 Å². The number of furan rings is 1. The third-order valence-electron chi connectivity index (χ3n) is 5.26. The zero-order chi connectivity index (χ0) is 17.1. The number of para-hydroxylation sites is 1. The maximum absolute atomic E-state index is 12.8. The average molecular weight is 339 g/mol. The first-order valence-corrected chi connectivity index (χ1v) is 9.23. The van der Waals surface area contributed by atoms with Crippen molar-refractivity contribution < 1.29 is 9.21 Å². The molecule has 2 aliphatic heterocycles. The van der Waals surface area contributed by atoms with E-state index in [0.29, 0.717) is 6.54 Å². The monoisotopic (exact) mass is 339 g/mol. The van der Waals surface area contributed by atoms with Gasteiger partial charge < -0.3 is 9.73 Å². The van der Waals surface area contributed by atoms with Gasteiger partial charge in [0.25, 0.3) is 0 Å². The molecule has 3 heterocycles. The van der Waals surface area contributed by atoms with Crippen LogP contribution in [0.2, 0.25) is 0 Å². The summed E-state index contributed by atoms with van der Waals surface area (Å²) in [5.41, 5.74) is 2.30. The molecule has 0 radical (unpaired) electrons. The number of benzene rings is 1. The van der Waals surface area contributed by atoms with Crippen LogP contribution in [-0.4, -0.2) is 37.1 Å². The van der Waals surface area contributed by atoms with Crippen LogP contribution >= 0.6 is 0 Å². The Labute approximate surface area is 148 Å². The fourth-order valence-electron chi connectivity index (χ4n) is 3.97. The Morgan fingerprint density at radius 1 is 1.08 bits per heavy atom. The minimum Gasteiger partial charge on any atom is -0.468 e. The number of aryl methyl sites for hydroxylation is 1. The van der Waals surface area contributed by atoms with E-state index in [9.17, 15) is 4.79 Å². The summed E-state index contributed by atoms with van der Waals surface area (Å²) < 4.78 is 5.64. The Morgan fingerprint density at radius 3 is 2.72 bits per heavy atom. The lowest BCUT2D eigenvalue weighted by Gasteiger charge is -2.31. The lowest BCUT2D eigenvalue weighted by atomic mass is 10.0. The molecule has 0 aliphatic carbocycles. The molecular formula is C20H25N3O2. The molecule has 1 atom stereocenters. The van der Waals surface area contributed by atoms with Crippen LogP contribution in [0.4, 0.5) is 10.5 Å². The molecule has 1 saturated heterocycles. The molecule has 0 bridgehead atoms. The lowest BCUT2D eigenvalue weighted by Crippen LogP contribution is -2.45. The van der Waals surface area contributed by atoms with Crippen molar-refractivity contribution in [2.75, 3.05) is 31.1 Å². The average Bonchev–Trinajstić information content (AvgIpc) is 3.36. The summed E-state index contributed by atoms with van der Waals surface area (Å²) >= 11 is 0. The fraction of sp³-hybridized carbons (Fsp3) is 0.450. The lowest BCUT2D eigenvalue weighted by molar-refractivity contribution is 0.205. The molecule has 4 rings (SSSR count). The molecule has 2 aliphatic rings. The van der Waals surface area contributed by atoms with Crippen molar-refractivity contribution in [2.45, 2.75) is 31.7 Å². The van der Waals surface area contributed by atoms with Crippen LogP contribution in [0.3, 0.4) is 0 Å². The minimum absolute atomic E-state index is 0.0112. The number of fused-ring (bicyclic) bond motifs is 1. The highest BCUT2D eigenvalue weighted by Crippen LogP contribution is 2.28. The standard InChI is InChI=1S/C20H25N3O2/c24-20(23-13-5-8-16-7-1-2-9-17(16)23)21-15-18(19-10-6-14-25-19)22-11-3-4-12-22/h1-2,6-7,9-10,14,18H,3-5,8,11-13,15H2,(H,21,24)/t18-/m0/s1. The molecule has 132 valence electrons. The van der Waals surface area contributed by atoms with Crippen molar-refractivity contribution in [3.05, 3.63) is 54.0 Å². The van der Waals surface area contributed by atoms with Gasteiger partial charge in [0.2, 0.25) is 0 Å². The van der Waals surface area contributed by atoms with Crippen LogP contribution in [0.5, 0.6) is 0 Å². The van der Waals surface area contributed by atoms with Gasteiger partial charge in [-0.15, -0.1) is 0 Å². The van der Waals surface area contributed by atoms with E-state index in [1.165, 1.54) is 18.4 Å². The van der Waals surface area contributed by atoms with Crippen LogP contribution in [0.15, 0.2) is 47.1 Å². The van der Waals surface area contributed by atoms with E-state index in [2.05, 4.69) is 16.3 Å². The number of anilines is 1. The van der Waals surface area contributed by atoms with Crippen LogP contribution in [-0.2, 0) is 6.42 Å². The van der Waals surface area contributed by atoms with Crippen LogP contribution in [0.25, 0.3) is 0 Å². The Kier molecular flexibility index (Phi) is 4.74. The number of nitrogens with zero attached hydrogens (tertiary/aromatic N) is 2. The van der Waals surface area contributed by atoms with Gasteiger partial charge in [-0.25, -0.2) is 4.79 Å². The second-order valence-electron chi connectivity index (χ2n) is 6.84. The van der Waals surface area contributed by atoms with E-state index in [1.807, 2.05) is 35.2 Å². The summed E-state index contributed by atoms with van der Waals surface area (Å²) in [7, 11) is 0. The third-order valence-corrected chi connectivity index (χ3v) is 5.26. The predicted octanol–water partition coefficient (Wildman–Crippen LogP) is 3.58. The van der Waals surface area contributed by atoms with E-state index >= 15 is 0 Å².